The third-order valence-electron chi connectivity index (χ3n) is 11.9. The number of amides is 1. The van der Waals surface area contributed by atoms with E-state index in [0.717, 1.165) is 96.3 Å². The number of nitrogens with one attached hydrogen (secondary N) is 1. The first-order valence-electron chi connectivity index (χ1n) is 29.4. The highest BCUT2D eigenvalue weighted by Gasteiger charge is 2.27. The van der Waals surface area contributed by atoms with Crippen LogP contribution in [0.25, 0.3) is 0 Å². The van der Waals surface area contributed by atoms with Crippen LogP contribution in [-0.4, -0.2) is 69.4 Å². The number of phosphoric acid groups is 1. The van der Waals surface area contributed by atoms with Crippen molar-refractivity contribution in [3.8, 4) is 0 Å². The zero-order chi connectivity index (χ0) is 55.7. The van der Waals surface area contributed by atoms with Crippen LogP contribution in [0.2, 0.25) is 0 Å². The fourth-order valence-electron chi connectivity index (χ4n) is 7.38. The smallest absolute Gasteiger partial charge is 0.306 e. The molecule has 0 aliphatic rings. The molecule has 0 aliphatic carbocycles. The van der Waals surface area contributed by atoms with E-state index in [1.165, 1.54) is 51.4 Å². The molecule has 0 spiro atoms. The minimum atomic E-state index is -4.73. The predicted octanol–water partition coefficient (Wildman–Crippen LogP) is 17.4. The molecule has 0 rings (SSSR count). The molecule has 0 aromatic heterocycles. The number of likely N-dealkylation sites (N-methyl/N-ethyl adjacent to an activating group) is 1. The van der Waals surface area contributed by atoms with Gasteiger partial charge in [-0.1, -0.05) is 237 Å². The fourth-order valence-corrected chi connectivity index (χ4v) is 8.10. The summed E-state index contributed by atoms with van der Waals surface area (Å²) in [4.78, 5) is 39.9. The SMILES string of the molecule is CC\C=C/C=C/C=C/C=C\C=C\C=C\CCCCCC(=O)NC(COP(=O)([O-])OCC[N+](C)(C)C)C(/C=C/CCCCCCCCCCCC)OC(=O)CCCC/C=C\C/C=C\C/C=C\C/C=C\C/C=C\C/C=C\CC. The number of carbonyl (C=O) groups is 2. The zero-order valence-corrected chi connectivity index (χ0v) is 49.5. The van der Waals surface area contributed by atoms with E-state index in [4.69, 9.17) is 13.8 Å². The molecule has 3 atom stereocenters. The first-order chi connectivity index (χ1) is 36.9. The average Bonchev–Trinajstić information content (AvgIpc) is 3.38. The molecule has 76 heavy (non-hydrogen) atoms. The molecule has 0 heterocycles. The van der Waals surface area contributed by atoms with Gasteiger partial charge >= 0.3 is 5.97 Å². The molecular formula is C66H107N2O7P. The normalized spacial score (nSPS) is 14.9. The van der Waals surface area contributed by atoms with Gasteiger partial charge in [0.2, 0.25) is 5.91 Å². The molecule has 0 aliphatic heterocycles. The summed E-state index contributed by atoms with van der Waals surface area (Å²) in [6, 6.07) is -0.942. The second-order valence-corrected chi connectivity index (χ2v) is 21.6. The lowest BCUT2D eigenvalue weighted by Gasteiger charge is -2.30. The average molecular weight is 1070 g/mol. The Morgan fingerprint density at radius 3 is 1.43 bits per heavy atom. The van der Waals surface area contributed by atoms with E-state index in [-0.39, 0.29) is 25.4 Å². The monoisotopic (exact) mass is 1070 g/mol. The summed E-state index contributed by atoms with van der Waals surface area (Å²) in [6.07, 6.45) is 79.3. The zero-order valence-electron chi connectivity index (χ0n) is 48.6. The number of quaternary nitrogens is 1. The highest BCUT2D eigenvalue weighted by atomic mass is 31.2. The molecule has 0 radical (unpaired) electrons. The van der Waals surface area contributed by atoms with E-state index < -0.39 is 32.5 Å². The number of nitrogens with zero attached hydrogens (tertiary/aromatic N) is 1. The number of hydrogen-bond acceptors (Lipinski definition) is 7. The number of phosphoric ester groups is 1. The number of ether oxygens (including phenoxy) is 1. The van der Waals surface area contributed by atoms with Gasteiger partial charge in [-0.25, -0.2) is 0 Å². The molecular weight excluding hydrogens is 964 g/mol. The summed E-state index contributed by atoms with van der Waals surface area (Å²) < 4.78 is 30.2. The number of unbranched alkanes of at least 4 members (excludes halogenated alkanes) is 15. The van der Waals surface area contributed by atoms with Gasteiger partial charge in [-0.2, -0.15) is 0 Å². The Labute approximate surface area is 465 Å². The van der Waals surface area contributed by atoms with E-state index in [0.29, 0.717) is 23.9 Å². The van der Waals surface area contributed by atoms with Crippen LogP contribution >= 0.6 is 7.82 Å². The molecule has 0 bridgehead atoms. The van der Waals surface area contributed by atoms with E-state index in [9.17, 15) is 19.0 Å². The second-order valence-electron chi connectivity index (χ2n) is 20.2. The van der Waals surface area contributed by atoms with Crippen molar-refractivity contribution in [3.05, 3.63) is 158 Å². The van der Waals surface area contributed by atoms with Crippen molar-refractivity contribution in [2.45, 2.75) is 206 Å². The standard InChI is InChI=1S/C66H107N2O7P/c1-7-10-13-16-19-22-25-28-30-32-33-34-35-37-39-41-44-47-50-53-56-59-66(70)75-64(57-54-51-48-45-42-27-24-21-18-15-12-9-3)63(62-74-76(71,72)73-61-60-68(4,5)6)67-65(69)58-55-52-49-46-43-40-38-36-31-29-26-23-20-17-14-11-8-2/h10-11,13-14,17,19-20,22-23,26,28-31,33-34,36-40,43-44,47,54,57,63-64H,7-9,12,15-16,18,21,24-25,27,32,35,41-42,45-46,48-53,55-56,58-62H2,1-6H3,(H-,67,69,71,72)/b13-10-,14-11-,20-17+,22-19-,26-23+,30-28-,31-29-,34-33-,38-36+,39-37-,43-40+,47-44-,57-54+. The van der Waals surface area contributed by atoms with Crippen LogP contribution in [0, 0.1) is 0 Å². The molecule has 3 unspecified atom stereocenters. The molecule has 0 saturated heterocycles. The van der Waals surface area contributed by atoms with Crippen LogP contribution in [0.15, 0.2) is 158 Å². The van der Waals surface area contributed by atoms with Crippen molar-refractivity contribution in [2.24, 2.45) is 0 Å². The molecule has 0 aromatic rings. The van der Waals surface area contributed by atoms with E-state index >= 15 is 0 Å². The summed E-state index contributed by atoms with van der Waals surface area (Å²) in [5, 5.41) is 2.98. The first kappa shape index (κ1) is 71.6. The van der Waals surface area contributed by atoms with E-state index in [1.807, 2.05) is 88.0 Å². The maximum Gasteiger partial charge on any atom is 0.306 e. The lowest BCUT2D eigenvalue weighted by Crippen LogP contribution is -2.47. The fraction of sp³-hybridized carbons (Fsp3) is 0.576. The molecule has 0 saturated carbocycles. The summed E-state index contributed by atoms with van der Waals surface area (Å²) in [5.74, 6) is -0.660. The Morgan fingerprint density at radius 2 is 0.908 bits per heavy atom. The predicted molar refractivity (Wildman–Crippen MR) is 325 cm³/mol. The molecule has 9 nitrogen and oxygen atoms in total. The van der Waals surface area contributed by atoms with Gasteiger partial charge in [0.25, 0.3) is 7.82 Å². The Morgan fingerprint density at radius 1 is 0.487 bits per heavy atom. The van der Waals surface area contributed by atoms with Crippen LogP contribution in [0.5, 0.6) is 0 Å². The van der Waals surface area contributed by atoms with Crippen LogP contribution in [-0.2, 0) is 27.9 Å². The Bertz CT molecular complexity index is 1860. The summed E-state index contributed by atoms with van der Waals surface area (Å²) in [6.45, 7) is 6.48. The summed E-state index contributed by atoms with van der Waals surface area (Å²) in [7, 11) is 1.10. The van der Waals surface area contributed by atoms with Crippen molar-refractivity contribution in [3.63, 3.8) is 0 Å². The molecule has 10 heteroatoms. The van der Waals surface area contributed by atoms with Crippen molar-refractivity contribution in [1.29, 1.82) is 0 Å². The third-order valence-corrected chi connectivity index (χ3v) is 12.8. The van der Waals surface area contributed by atoms with Gasteiger partial charge in [-0.05, 0) is 102 Å². The lowest BCUT2D eigenvalue weighted by molar-refractivity contribution is -0.870. The van der Waals surface area contributed by atoms with Gasteiger partial charge in [0.15, 0.2) is 0 Å². The lowest BCUT2D eigenvalue weighted by atomic mass is 10.1. The minimum Gasteiger partial charge on any atom is -0.756 e. The largest absolute Gasteiger partial charge is 0.756 e. The van der Waals surface area contributed by atoms with E-state index in [2.05, 4.69) is 111 Å². The van der Waals surface area contributed by atoms with Gasteiger partial charge < -0.3 is 28.5 Å². The van der Waals surface area contributed by atoms with Crippen LogP contribution < -0.4 is 10.2 Å². The van der Waals surface area contributed by atoms with Crippen molar-refractivity contribution < 1.29 is 37.3 Å². The molecule has 1 amide bonds. The third kappa shape index (κ3) is 54.4. The molecule has 428 valence electrons. The first-order valence-corrected chi connectivity index (χ1v) is 30.8. The van der Waals surface area contributed by atoms with Gasteiger partial charge in [0.05, 0.1) is 33.8 Å². The molecule has 0 fully saturated rings. The van der Waals surface area contributed by atoms with E-state index in [1.54, 1.807) is 6.08 Å². The van der Waals surface area contributed by atoms with Gasteiger partial charge in [0, 0.05) is 12.8 Å². The van der Waals surface area contributed by atoms with Gasteiger partial charge in [0.1, 0.15) is 19.3 Å². The topological polar surface area (TPSA) is 114 Å². The van der Waals surface area contributed by atoms with Crippen molar-refractivity contribution >= 4 is 19.7 Å². The quantitative estimate of drug-likeness (QED) is 0.0161. The van der Waals surface area contributed by atoms with Crippen LogP contribution in [0.1, 0.15) is 194 Å². The number of esters is 1. The Balaban J connectivity index is 5.50. The van der Waals surface area contributed by atoms with Gasteiger partial charge in [-0.3, -0.25) is 14.2 Å². The number of carbonyl (C=O) groups excluding carboxylic acids is 2. The molecule has 1 N–H and O–H groups in total. The van der Waals surface area contributed by atoms with Crippen LogP contribution in [0.4, 0.5) is 0 Å². The summed E-state index contributed by atoms with van der Waals surface area (Å²) in [5.41, 5.74) is 0. The number of rotatable bonds is 50. The Hall–Kier alpha value is -4.37. The second kappa shape index (κ2) is 54.0. The molecule has 0 aromatic carbocycles. The maximum atomic E-state index is 13.5. The van der Waals surface area contributed by atoms with Crippen molar-refractivity contribution in [1.82, 2.24) is 5.32 Å². The number of allylic oxidation sites excluding steroid dienone is 25. The minimum absolute atomic E-state index is 0.0488. The maximum absolute atomic E-state index is 13.5. The number of hydrogen-bond donors (Lipinski definition) is 1. The van der Waals surface area contributed by atoms with Gasteiger partial charge in [-0.15, -0.1) is 0 Å². The highest BCUT2D eigenvalue weighted by molar-refractivity contribution is 7.45. The highest BCUT2D eigenvalue weighted by Crippen LogP contribution is 2.38. The van der Waals surface area contributed by atoms with Crippen LogP contribution in [0.3, 0.4) is 0 Å². The Kier molecular flexibility index (Phi) is 50.9. The van der Waals surface area contributed by atoms with Crippen molar-refractivity contribution in [2.75, 3.05) is 40.9 Å². The summed E-state index contributed by atoms with van der Waals surface area (Å²) >= 11 is 0.